The highest BCUT2D eigenvalue weighted by Gasteiger charge is 2.52. The molecule has 0 aliphatic heterocycles. The number of nitriles is 1. The molecule has 0 aromatic rings. The third-order valence-corrected chi connectivity index (χ3v) is 2.01. The molecule has 0 rings (SSSR count). The summed E-state index contributed by atoms with van der Waals surface area (Å²) in [6.07, 6.45) is -1.97. The second-order valence-electron chi connectivity index (χ2n) is 3.88. The summed E-state index contributed by atoms with van der Waals surface area (Å²) in [7, 11) is 0. The normalized spacial score (nSPS) is 13.9. The van der Waals surface area contributed by atoms with Crippen molar-refractivity contribution in [3.8, 4) is 6.07 Å². The van der Waals surface area contributed by atoms with Crippen LogP contribution < -0.4 is 0 Å². The highest BCUT2D eigenvalue weighted by Crippen LogP contribution is 2.33. The molecule has 0 saturated carbocycles. The van der Waals surface area contributed by atoms with Gasteiger partial charge in [-0.25, -0.2) is 0 Å². The molecule has 0 aliphatic rings. The van der Waals surface area contributed by atoms with E-state index < -0.39 is 18.2 Å². The van der Waals surface area contributed by atoms with Crippen LogP contribution in [0.5, 0.6) is 0 Å². The van der Waals surface area contributed by atoms with Crippen LogP contribution in [-0.2, 0) is 14.3 Å². The number of ketones is 1. The van der Waals surface area contributed by atoms with Gasteiger partial charge in [-0.05, 0) is 26.8 Å². The van der Waals surface area contributed by atoms with E-state index in [0.717, 1.165) is 6.26 Å². The molecule has 0 fully saturated rings. The van der Waals surface area contributed by atoms with Crippen molar-refractivity contribution in [1.29, 1.82) is 5.26 Å². The number of alkyl halides is 3. The summed E-state index contributed by atoms with van der Waals surface area (Å²) in [5.41, 5.74) is -3.13. The largest absolute Gasteiger partial charge is 0.502 e. The maximum absolute atomic E-state index is 12.2. The zero-order valence-electron chi connectivity index (χ0n) is 12.7. The molecule has 1 N–H and O–H groups in total. The molecule has 0 aromatic carbocycles. The summed E-state index contributed by atoms with van der Waals surface area (Å²) >= 11 is 0. The first-order valence-corrected chi connectivity index (χ1v) is 6.38. The second-order valence-corrected chi connectivity index (χ2v) is 3.88. The van der Waals surface area contributed by atoms with E-state index in [-0.39, 0.29) is 12.4 Å². The number of hydrogen-bond acceptors (Lipinski definition) is 5. The summed E-state index contributed by atoms with van der Waals surface area (Å²) < 4.78 is 45.9. The van der Waals surface area contributed by atoms with Crippen molar-refractivity contribution in [3.05, 3.63) is 24.7 Å². The van der Waals surface area contributed by atoms with Crippen molar-refractivity contribution in [2.45, 2.75) is 39.0 Å². The number of halogens is 3. The quantitative estimate of drug-likeness (QED) is 0.575. The lowest BCUT2D eigenvalue weighted by molar-refractivity contribution is -0.238. The number of nitrogens with zero attached hydrogens (tertiary/aromatic N) is 1. The first kappa shape index (κ1) is 22.3. The summed E-state index contributed by atoms with van der Waals surface area (Å²) in [6, 6.07) is 1.26. The first-order valence-electron chi connectivity index (χ1n) is 6.38. The minimum atomic E-state index is -4.88. The van der Waals surface area contributed by atoms with Gasteiger partial charge in [-0.2, -0.15) is 18.4 Å². The molecular weight excluding hydrogens is 303 g/mol. The van der Waals surface area contributed by atoms with Crippen LogP contribution in [0.1, 0.15) is 27.2 Å². The van der Waals surface area contributed by atoms with Gasteiger partial charge in [-0.3, -0.25) is 4.79 Å². The highest BCUT2D eigenvalue weighted by atomic mass is 19.4. The van der Waals surface area contributed by atoms with Gasteiger partial charge in [0.25, 0.3) is 0 Å². The lowest BCUT2D eigenvalue weighted by atomic mass is 10.0. The molecule has 0 spiro atoms. The summed E-state index contributed by atoms with van der Waals surface area (Å²) in [6.45, 7) is 5.74. The average molecular weight is 323 g/mol. The van der Waals surface area contributed by atoms with Crippen LogP contribution in [0.3, 0.4) is 0 Å². The van der Waals surface area contributed by atoms with Crippen molar-refractivity contribution in [1.82, 2.24) is 0 Å². The first-order chi connectivity index (χ1) is 10.1. The summed E-state index contributed by atoms with van der Waals surface area (Å²) in [4.78, 5) is 10.2. The number of aliphatic hydroxyl groups is 1. The molecule has 1 atom stereocenters. The Morgan fingerprint density at radius 2 is 1.73 bits per heavy atom. The van der Waals surface area contributed by atoms with Gasteiger partial charge in [-0.15, -0.1) is 0 Å². The van der Waals surface area contributed by atoms with Gasteiger partial charge < -0.3 is 14.6 Å². The van der Waals surface area contributed by atoms with E-state index in [9.17, 15) is 18.0 Å². The fraction of sp³-hybridized carbons (Fsp3) is 0.571. The molecule has 0 aromatic heterocycles. The number of carbonyl (C=O) groups excluding carboxylic acids is 1. The second kappa shape index (κ2) is 11.6. The molecule has 22 heavy (non-hydrogen) atoms. The molecule has 0 saturated heterocycles. The minimum absolute atomic E-state index is 0.0125. The van der Waals surface area contributed by atoms with Crippen LogP contribution in [-0.4, -0.2) is 35.9 Å². The van der Waals surface area contributed by atoms with Crippen LogP contribution in [0, 0.1) is 11.3 Å². The number of allylic oxidation sites excluding steroid dienone is 1. The average Bonchev–Trinajstić information content (AvgIpc) is 2.39. The van der Waals surface area contributed by atoms with Crippen LogP contribution >= 0.6 is 0 Å². The van der Waals surface area contributed by atoms with Gasteiger partial charge in [0.2, 0.25) is 0 Å². The molecule has 126 valence electrons. The fourth-order valence-corrected chi connectivity index (χ4v) is 0.871. The third kappa shape index (κ3) is 10.7. The molecule has 5 nitrogen and oxygen atoms in total. The maximum atomic E-state index is 12.2. The molecule has 0 aliphatic carbocycles. The molecule has 0 heterocycles. The van der Waals surface area contributed by atoms with E-state index in [1.807, 2.05) is 6.92 Å². The SMILES string of the molecule is CCO/C=C/C(C)=O.CCO/C=C/C(O)(CC#N)C(F)(F)F. The Morgan fingerprint density at radius 1 is 1.23 bits per heavy atom. The lowest BCUT2D eigenvalue weighted by Gasteiger charge is -2.24. The zero-order chi connectivity index (χ0) is 17.6. The van der Waals surface area contributed by atoms with Gasteiger partial charge in [0.05, 0.1) is 38.2 Å². The monoisotopic (exact) mass is 323 g/mol. The van der Waals surface area contributed by atoms with E-state index in [1.54, 1.807) is 6.92 Å². The van der Waals surface area contributed by atoms with Gasteiger partial charge in [-0.1, -0.05) is 0 Å². The Kier molecular flexibility index (Phi) is 11.8. The van der Waals surface area contributed by atoms with Crippen molar-refractivity contribution in [2.75, 3.05) is 13.2 Å². The van der Waals surface area contributed by atoms with Crippen molar-refractivity contribution < 1.29 is 32.5 Å². The maximum Gasteiger partial charge on any atom is 0.422 e. The van der Waals surface area contributed by atoms with E-state index in [2.05, 4.69) is 4.74 Å². The minimum Gasteiger partial charge on any atom is -0.502 e. The molecular formula is C14H20F3NO4. The molecule has 0 amide bonds. The van der Waals surface area contributed by atoms with E-state index in [0.29, 0.717) is 12.7 Å². The van der Waals surface area contributed by atoms with Crippen molar-refractivity contribution in [3.63, 3.8) is 0 Å². The number of hydrogen-bond donors (Lipinski definition) is 1. The van der Waals surface area contributed by atoms with E-state index in [4.69, 9.17) is 15.1 Å². The Bertz CT molecular complexity index is 413. The Morgan fingerprint density at radius 3 is 2.09 bits per heavy atom. The lowest BCUT2D eigenvalue weighted by Crippen LogP contribution is -2.43. The topological polar surface area (TPSA) is 79.6 Å². The van der Waals surface area contributed by atoms with Crippen LogP contribution in [0.25, 0.3) is 0 Å². The van der Waals surface area contributed by atoms with Gasteiger partial charge >= 0.3 is 6.18 Å². The van der Waals surface area contributed by atoms with Gasteiger partial charge in [0.15, 0.2) is 11.4 Å². The number of rotatable bonds is 7. The van der Waals surface area contributed by atoms with Gasteiger partial charge in [0.1, 0.15) is 0 Å². The molecule has 8 heteroatoms. The Hall–Kier alpha value is -2.01. The van der Waals surface area contributed by atoms with Crippen LogP contribution in [0.15, 0.2) is 24.7 Å². The smallest absolute Gasteiger partial charge is 0.422 e. The predicted molar refractivity (Wildman–Crippen MR) is 73.4 cm³/mol. The third-order valence-electron chi connectivity index (χ3n) is 2.01. The fourth-order valence-electron chi connectivity index (χ4n) is 0.871. The van der Waals surface area contributed by atoms with Crippen LogP contribution in [0.2, 0.25) is 0 Å². The Labute approximate surface area is 127 Å². The molecule has 0 bridgehead atoms. The Balaban J connectivity index is 0. The van der Waals surface area contributed by atoms with Crippen molar-refractivity contribution in [2.24, 2.45) is 0 Å². The predicted octanol–water partition coefficient (Wildman–Crippen LogP) is 2.87. The zero-order valence-corrected chi connectivity index (χ0v) is 12.7. The molecule has 0 radical (unpaired) electrons. The molecule has 1 unspecified atom stereocenters. The standard InChI is InChI=1S/C8H10F3NO2.C6H10O2/c1-2-14-6-4-7(13,3-5-12)8(9,10)11;1-3-8-5-4-6(2)7/h4,6,13H,2-3H2,1H3;4-5H,3H2,1-2H3/b6-4+;5-4+. The summed E-state index contributed by atoms with van der Waals surface area (Å²) in [5, 5.41) is 17.2. The highest BCUT2D eigenvalue weighted by molar-refractivity contribution is 5.86. The number of ether oxygens (including phenoxy) is 2. The van der Waals surface area contributed by atoms with Gasteiger partial charge in [0, 0.05) is 6.08 Å². The summed E-state index contributed by atoms with van der Waals surface area (Å²) in [5.74, 6) is 0.0125. The van der Waals surface area contributed by atoms with Crippen molar-refractivity contribution >= 4 is 5.78 Å². The number of carbonyl (C=O) groups is 1. The van der Waals surface area contributed by atoms with E-state index >= 15 is 0 Å². The van der Waals surface area contributed by atoms with E-state index in [1.165, 1.54) is 25.3 Å². The van der Waals surface area contributed by atoms with Crippen LogP contribution in [0.4, 0.5) is 13.2 Å².